The Morgan fingerprint density at radius 3 is 2.82 bits per heavy atom. The molecule has 1 aromatic heterocycles. The van der Waals surface area contributed by atoms with Crippen molar-refractivity contribution in [1.29, 1.82) is 0 Å². The van der Waals surface area contributed by atoms with Crippen LogP contribution in [0.1, 0.15) is 5.56 Å². The highest BCUT2D eigenvalue weighted by Crippen LogP contribution is 2.21. The summed E-state index contributed by atoms with van der Waals surface area (Å²) in [4.78, 5) is 17.3. The van der Waals surface area contributed by atoms with Gasteiger partial charge in [-0.3, -0.25) is 9.78 Å². The van der Waals surface area contributed by atoms with Gasteiger partial charge in [-0.2, -0.15) is 4.98 Å². The normalized spacial score (nSPS) is 10.2. The smallest absolute Gasteiger partial charge is 0.256 e. The number of halogens is 1. The van der Waals surface area contributed by atoms with E-state index >= 15 is 0 Å². The summed E-state index contributed by atoms with van der Waals surface area (Å²) >= 11 is 5.83. The highest BCUT2D eigenvalue weighted by molar-refractivity contribution is 6.30. The van der Waals surface area contributed by atoms with Crippen molar-refractivity contribution in [2.75, 3.05) is 5.32 Å². The number of aromatic nitrogens is 2. The molecule has 0 bridgehead atoms. The van der Waals surface area contributed by atoms with Gasteiger partial charge in [0.15, 0.2) is 0 Å². The lowest BCUT2D eigenvalue weighted by Gasteiger charge is -2.08. The van der Waals surface area contributed by atoms with Crippen molar-refractivity contribution in [3.05, 3.63) is 45.2 Å². The van der Waals surface area contributed by atoms with E-state index in [1.807, 2.05) is 6.92 Å². The molecule has 0 saturated carbocycles. The van der Waals surface area contributed by atoms with Crippen LogP contribution < -0.4 is 10.9 Å². The quantitative estimate of drug-likeness (QED) is 0.765. The van der Waals surface area contributed by atoms with E-state index in [1.165, 1.54) is 0 Å². The van der Waals surface area contributed by atoms with E-state index < -0.39 is 5.56 Å². The number of benzene rings is 1. The van der Waals surface area contributed by atoms with E-state index in [-0.39, 0.29) is 11.8 Å². The molecule has 0 amide bonds. The number of aryl methyl sites for hydroxylation is 1. The summed E-state index contributed by atoms with van der Waals surface area (Å²) in [6.45, 7) is 1.87. The van der Waals surface area contributed by atoms with Gasteiger partial charge in [0.1, 0.15) is 0 Å². The Labute approximate surface area is 102 Å². The number of nitrogens with one attached hydrogen (secondary N) is 2. The van der Waals surface area contributed by atoms with Crippen LogP contribution in [0, 0.1) is 6.92 Å². The van der Waals surface area contributed by atoms with Crippen LogP contribution in [0.2, 0.25) is 5.02 Å². The standard InChI is InChI=1S/C11H10ClN3O2/c1-6-4-7(12)2-3-8(6)13-11-14-9(16)5-10(17)15-11/h2-5H,1H3,(H3,13,14,15,16,17). The number of hydrogen-bond acceptors (Lipinski definition) is 4. The van der Waals surface area contributed by atoms with Crippen molar-refractivity contribution >= 4 is 23.2 Å². The molecule has 1 heterocycles. The highest BCUT2D eigenvalue weighted by Gasteiger charge is 2.03. The maximum atomic E-state index is 11.1. The molecule has 0 fully saturated rings. The lowest BCUT2D eigenvalue weighted by atomic mass is 10.2. The molecule has 0 aliphatic carbocycles. The Hall–Kier alpha value is -2.01. The predicted molar refractivity (Wildman–Crippen MR) is 66.0 cm³/mol. The van der Waals surface area contributed by atoms with Gasteiger partial charge in [-0.25, -0.2) is 0 Å². The molecule has 0 radical (unpaired) electrons. The average Bonchev–Trinajstić information content (AvgIpc) is 2.21. The molecule has 0 atom stereocenters. The van der Waals surface area contributed by atoms with Crippen LogP contribution in [0.25, 0.3) is 0 Å². The van der Waals surface area contributed by atoms with Crippen molar-refractivity contribution in [2.45, 2.75) is 6.92 Å². The molecule has 0 aliphatic heterocycles. The third-order valence-electron chi connectivity index (χ3n) is 2.17. The summed E-state index contributed by atoms with van der Waals surface area (Å²) in [7, 11) is 0. The summed E-state index contributed by atoms with van der Waals surface area (Å²) in [5.74, 6) is -0.150. The molecule has 6 heteroatoms. The fourth-order valence-corrected chi connectivity index (χ4v) is 1.63. The van der Waals surface area contributed by atoms with Gasteiger partial charge in [-0.1, -0.05) is 11.6 Å². The van der Waals surface area contributed by atoms with Crippen LogP contribution in [0.15, 0.2) is 29.1 Å². The molecule has 3 N–H and O–H groups in total. The van der Waals surface area contributed by atoms with Crippen LogP contribution in [-0.2, 0) is 0 Å². The molecule has 0 unspecified atom stereocenters. The lowest BCUT2D eigenvalue weighted by Crippen LogP contribution is -2.09. The van der Waals surface area contributed by atoms with Crippen molar-refractivity contribution in [2.24, 2.45) is 0 Å². The minimum atomic E-state index is -0.424. The Kier molecular flexibility index (Phi) is 3.01. The molecule has 2 aromatic rings. The van der Waals surface area contributed by atoms with Crippen LogP contribution in [0.5, 0.6) is 5.88 Å². The number of hydrogen-bond donors (Lipinski definition) is 3. The number of anilines is 2. The summed E-state index contributed by atoms with van der Waals surface area (Å²) in [6.07, 6.45) is 0. The first-order chi connectivity index (χ1) is 8.04. The largest absolute Gasteiger partial charge is 0.493 e. The first-order valence-electron chi connectivity index (χ1n) is 4.88. The van der Waals surface area contributed by atoms with Crippen LogP contribution in [0.4, 0.5) is 11.6 Å². The molecule has 17 heavy (non-hydrogen) atoms. The second-order valence-electron chi connectivity index (χ2n) is 3.54. The number of H-pyrrole nitrogens is 1. The minimum absolute atomic E-state index is 0.181. The Balaban J connectivity index is 2.34. The third-order valence-corrected chi connectivity index (χ3v) is 2.40. The fraction of sp³-hybridized carbons (Fsp3) is 0.0909. The van der Waals surface area contributed by atoms with Gasteiger partial charge in [0.25, 0.3) is 5.56 Å². The molecule has 1 aromatic carbocycles. The van der Waals surface area contributed by atoms with E-state index in [9.17, 15) is 9.90 Å². The Morgan fingerprint density at radius 1 is 1.41 bits per heavy atom. The maximum absolute atomic E-state index is 11.1. The van der Waals surface area contributed by atoms with Crippen molar-refractivity contribution in [3.63, 3.8) is 0 Å². The van der Waals surface area contributed by atoms with Gasteiger partial charge in [0, 0.05) is 10.7 Å². The zero-order valence-corrected chi connectivity index (χ0v) is 9.75. The summed E-state index contributed by atoms with van der Waals surface area (Å²) in [5, 5.41) is 12.7. The average molecular weight is 252 g/mol. The van der Waals surface area contributed by atoms with Gasteiger partial charge in [0.05, 0.1) is 6.07 Å². The lowest BCUT2D eigenvalue weighted by molar-refractivity contribution is 0.452. The number of rotatable bonds is 2. The van der Waals surface area contributed by atoms with Gasteiger partial charge >= 0.3 is 0 Å². The molecule has 0 aliphatic rings. The number of aromatic hydroxyl groups is 1. The Bertz CT molecular complexity index is 610. The zero-order chi connectivity index (χ0) is 12.4. The summed E-state index contributed by atoms with van der Waals surface area (Å²) in [5.41, 5.74) is 1.23. The van der Waals surface area contributed by atoms with Gasteiger partial charge in [-0.15, -0.1) is 0 Å². The molecular weight excluding hydrogens is 242 g/mol. The van der Waals surface area contributed by atoms with E-state index in [0.29, 0.717) is 5.02 Å². The van der Waals surface area contributed by atoms with Crippen molar-refractivity contribution in [1.82, 2.24) is 9.97 Å². The summed E-state index contributed by atoms with van der Waals surface area (Å²) < 4.78 is 0. The van der Waals surface area contributed by atoms with E-state index in [0.717, 1.165) is 17.3 Å². The minimum Gasteiger partial charge on any atom is -0.493 e. The van der Waals surface area contributed by atoms with E-state index in [4.69, 9.17) is 11.6 Å². The number of aromatic amines is 1. The van der Waals surface area contributed by atoms with E-state index in [1.54, 1.807) is 18.2 Å². The van der Waals surface area contributed by atoms with E-state index in [2.05, 4.69) is 15.3 Å². The third kappa shape index (κ3) is 2.76. The van der Waals surface area contributed by atoms with Crippen LogP contribution in [0.3, 0.4) is 0 Å². The van der Waals surface area contributed by atoms with Crippen LogP contribution >= 0.6 is 11.6 Å². The number of nitrogens with zero attached hydrogens (tertiary/aromatic N) is 1. The van der Waals surface area contributed by atoms with Crippen molar-refractivity contribution in [3.8, 4) is 5.88 Å². The maximum Gasteiger partial charge on any atom is 0.256 e. The van der Waals surface area contributed by atoms with Gasteiger partial charge < -0.3 is 10.4 Å². The molecule has 2 rings (SSSR count). The molecular formula is C11H10ClN3O2. The second-order valence-corrected chi connectivity index (χ2v) is 3.97. The summed E-state index contributed by atoms with van der Waals surface area (Å²) in [6, 6.07) is 6.27. The van der Waals surface area contributed by atoms with Gasteiger partial charge in [0.2, 0.25) is 11.8 Å². The topological polar surface area (TPSA) is 78.0 Å². The SMILES string of the molecule is Cc1cc(Cl)ccc1Nc1nc(O)cc(=O)[nH]1. The highest BCUT2D eigenvalue weighted by atomic mass is 35.5. The molecule has 88 valence electrons. The first kappa shape index (κ1) is 11.5. The zero-order valence-electron chi connectivity index (χ0n) is 8.99. The predicted octanol–water partition coefficient (Wildman–Crippen LogP) is 2.18. The second kappa shape index (κ2) is 4.47. The molecule has 0 saturated heterocycles. The Morgan fingerprint density at radius 2 is 2.18 bits per heavy atom. The molecule has 5 nitrogen and oxygen atoms in total. The molecule has 0 spiro atoms. The van der Waals surface area contributed by atoms with Crippen molar-refractivity contribution < 1.29 is 5.11 Å². The van der Waals surface area contributed by atoms with Gasteiger partial charge in [-0.05, 0) is 30.7 Å². The fourth-order valence-electron chi connectivity index (χ4n) is 1.40. The first-order valence-corrected chi connectivity index (χ1v) is 5.26. The van der Waals surface area contributed by atoms with Crippen LogP contribution in [-0.4, -0.2) is 15.1 Å². The monoisotopic (exact) mass is 251 g/mol.